The molecule has 0 atom stereocenters. The molecule has 0 aliphatic rings. The molecule has 2 rings (SSSR count). The molecular weight excluding hydrogens is 298 g/mol. The number of carbonyl (C=O) groups excluding carboxylic acids is 2. The molecule has 0 aliphatic heterocycles. The molecule has 122 valence electrons. The number of hydrogen-bond donors (Lipinski definition) is 3. The van der Waals surface area contributed by atoms with Crippen molar-refractivity contribution in [2.75, 3.05) is 6.61 Å². The molecule has 2 heterocycles. The summed E-state index contributed by atoms with van der Waals surface area (Å²) in [7, 11) is 0. The van der Waals surface area contributed by atoms with Crippen LogP contribution in [0.25, 0.3) is 0 Å². The van der Waals surface area contributed by atoms with Gasteiger partial charge in [-0.15, -0.1) is 0 Å². The van der Waals surface area contributed by atoms with Crippen LogP contribution in [0.15, 0.2) is 18.3 Å². The molecule has 0 fully saturated rings. The molecule has 0 aromatic carbocycles. The standard InChI is InChI=1S/C16H19N3O4/c1-4-23-16(22)14-9(2)13(10(3)19-14)15(21)18-8-11-12(20)6-5-7-17-11/h5-7,19-20H,4,8H2,1-3H3,(H,18,21). The maximum absolute atomic E-state index is 12.4. The predicted molar refractivity (Wildman–Crippen MR) is 83.3 cm³/mol. The Labute approximate surface area is 133 Å². The van der Waals surface area contributed by atoms with E-state index in [2.05, 4.69) is 15.3 Å². The van der Waals surface area contributed by atoms with Crippen LogP contribution < -0.4 is 5.32 Å². The Bertz CT molecular complexity index is 737. The van der Waals surface area contributed by atoms with Crippen LogP contribution in [0.1, 0.15) is 44.7 Å². The van der Waals surface area contributed by atoms with Gasteiger partial charge in [-0.25, -0.2) is 4.79 Å². The number of ether oxygens (including phenoxy) is 1. The summed E-state index contributed by atoms with van der Waals surface area (Å²) < 4.78 is 4.96. The number of rotatable bonds is 5. The van der Waals surface area contributed by atoms with Crippen molar-refractivity contribution in [3.8, 4) is 5.75 Å². The van der Waals surface area contributed by atoms with E-state index in [4.69, 9.17) is 4.74 Å². The van der Waals surface area contributed by atoms with Gasteiger partial charge in [-0.2, -0.15) is 0 Å². The molecule has 0 aliphatic carbocycles. The molecular formula is C16H19N3O4. The molecule has 7 nitrogen and oxygen atoms in total. The van der Waals surface area contributed by atoms with Crippen molar-refractivity contribution in [3.05, 3.63) is 46.5 Å². The molecule has 2 aromatic heterocycles. The number of carbonyl (C=O) groups is 2. The molecule has 0 saturated carbocycles. The molecule has 0 bridgehead atoms. The van der Waals surface area contributed by atoms with Crippen molar-refractivity contribution < 1.29 is 19.4 Å². The van der Waals surface area contributed by atoms with Gasteiger partial charge >= 0.3 is 5.97 Å². The van der Waals surface area contributed by atoms with Crippen LogP contribution in [-0.4, -0.2) is 33.6 Å². The van der Waals surface area contributed by atoms with E-state index in [1.165, 1.54) is 12.3 Å². The van der Waals surface area contributed by atoms with Crippen molar-refractivity contribution in [1.29, 1.82) is 0 Å². The lowest BCUT2D eigenvalue weighted by Gasteiger charge is -2.07. The van der Waals surface area contributed by atoms with Gasteiger partial charge in [0.05, 0.1) is 18.7 Å². The Morgan fingerprint density at radius 3 is 2.78 bits per heavy atom. The van der Waals surface area contributed by atoms with Crippen molar-refractivity contribution in [1.82, 2.24) is 15.3 Å². The fourth-order valence-corrected chi connectivity index (χ4v) is 2.32. The largest absolute Gasteiger partial charge is 0.506 e. The van der Waals surface area contributed by atoms with Gasteiger partial charge in [0, 0.05) is 11.9 Å². The first-order valence-electron chi connectivity index (χ1n) is 7.23. The number of nitrogens with one attached hydrogen (secondary N) is 2. The lowest BCUT2D eigenvalue weighted by atomic mass is 10.1. The summed E-state index contributed by atoms with van der Waals surface area (Å²) >= 11 is 0. The van der Waals surface area contributed by atoms with Gasteiger partial charge in [0.2, 0.25) is 0 Å². The fourth-order valence-electron chi connectivity index (χ4n) is 2.32. The zero-order chi connectivity index (χ0) is 17.0. The fraction of sp³-hybridized carbons (Fsp3) is 0.312. The average molecular weight is 317 g/mol. The molecule has 23 heavy (non-hydrogen) atoms. The summed E-state index contributed by atoms with van der Waals surface area (Å²) in [4.78, 5) is 31.1. The number of aromatic amines is 1. The molecule has 0 saturated heterocycles. The van der Waals surface area contributed by atoms with E-state index in [1.54, 1.807) is 26.8 Å². The summed E-state index contributed by atoms with van der Waals surface area (Å²) in [6.07, 6.45) is 1.53. The van der Waals surface area contributed by atoms with Gasteiger partial charge in [0.25, 0.3) is 5.91 Å². The third-order valence-corrected chi connectivity index (χ3v) is 3.43. The lowest BCUT2D eigenvalue weighted by Crippen LogP contribution is -2.24. The Morgan fingerprint density at radius 1 is 1.39 bits per heavy atom. The number of esters is 1. The van der Waals surface area contributed by atoms with Crippen molar-refractivity contribution in [2.24, 2.45) is 0 Å². The second kappa shape index (κ2) is 6.95. The summed E-state index contributed by atoms with van der Waals surface area (Å²) in [6, 6.07) is 3.10. The number of nitrogens with zero attached hydrogens (tertiary/aromatic N) is 1. The first kappa shape index (κ1) is 16.5. The summed E-state index contributed by atoms with van der Waals surface area (Å²) in [5.74, 6) is -0.825. The van der Waals surface area contributed by atoms with Gasteiger partial charge in [-0.3, -0.25) is 9.78 Å². The zero-order valence-electron chi connectivity index (χ0n) is 13.3. The molecule has 3 N–H and O–H groups in total. The zero-order valence-corrected chi connectivity index (χ0v) is 13.3. The predicted octanol–water partition coefficient (Wildman–Crippen LogP) is 1.84. The van der Waals surface area contributed by atoms with Gasteiger partial charge in [0.15, 0.2) is 0 Å². The molecule has 0 radical (unpaired) electrons. The van der Waals surface area contributed by atoms with Crippen LogP contribution >= 0.6 is 0 Å². The number of amides is 1. The van der Waals surface area contributed by atoms with E-state index in [0.29, 0.717) is 22.5 Å². The Hall–Kier alpha value is -2.83. The summed E-state index contributed by atoms with van der Waals surface area (Å²) in [5.41, 5.74) is 2.15. The van der Waals surface area contributed by atoms with E-state index in [9.17, 15) is 14.7 Å². The highest BCUT2D eigenvalue weighted by Gasteiger charge is 2.22. The molecule has 1 amide bonds. The number of aryl methyl sites for hydroxylation is 1. The normalized spacial score (nSPS) is 10.4. The minimum atomic E-state index is -0.491. The van der Waals surface area contributed by atoms with Gasteiger partial charge in [-0.1, -0.05) is 0 Å². The average Bonchev–Trinajstić information content (AvgIpc) is 2.81. The second-order valence-electron chi connectivity index (χ2n) is 5.00. The SMILES string of the molecule is CCOC(=O)c1[nH]c(C)c(C(=O)NCc2ncccc2O)c1C. The Balaban J connectivity index is 2.17. The monoisotopic (exact) mass is 317 g/mol. The maximum atomic E-state index is 12.4. The molecule has 2 aromatic rings. The van der Waals surface area contributed by atoms with E-state index < -0.39 is 5.97 Å². The number of hydrogen-bond acceptors (Lipinski definition) is 5. The smallest absolute Gasteiger partial charge is 0.355 e. The topological polar surface area (TPSA) is 104 Å². The number of aromatic nitrogens is 2. The van der Waals surface area contributed by atoms with Crippen LogP contribution in [0.2, 0.25) is 0 Å². The van der Waals surface area contributed by atoms with Crippen LogP contribution in [0.5, 0.6) is 5.75 Å². The third-order valence-electron chi connectivity index (χ3n) is 3.43. The van der Waals surface area contributed by atoms with Gasteiger partial charge in [0.1, 0.15) is 17.1 Å². The summed E-state index contributed by atoms with van der Waals surface area (Å²) in [6.45, 7) is 5.46. The number of pyridine rings is 1. The molecule has 0 unspecified atom stereocenters. The quantitative estimate of drug-likeness (QED) is 0.730. The first-order valence-corrected chi connectivity index (χ1v) is 7.23. The van der Waals surface area contributed by atoms with E-state index >= 15 is 0 Å². The van der Waals surface area contributed by atoms with Crippen LogP contribution in [0.4, 0.5) is 0 Å². The van der Waals surface area contributed by atoms with Gasteiger partial charge in [-0.05, 0) is 38.5 Å². The Morgan fingerprint density at radius 2 is 2.13 bits per heavy atom. The van der Waals surface area contributed by atoms with Crippen molar-refractivity contribution >= 4 is 11.9 Å². The van der Waals surface area contributed by atoms with Crippen LogP contribution in [0, 0.1) is 13.8 Å². The minimum absolute atomic E-state index is 0.0162. The highest BCUT2D eigenvalue weighted by atomic mass is 16.5. The maximum Gasteiger partial charge on any atom is 0.355 e. The molecule has 7 heteroatoms. The molecule has 0 spiro atoms. The van der Waals surface area contributed by atoms with Gasteiger partial charge < -0.3 is 20.1 Å². The van der Waals surface area contributed by atoms with E-state index in [0.717, 1.165) is 0 Å². The van der Waals surface area contributed by atoms with Crippen molar-refractivity contribution in [3.63, 3.8) is 0 Å². The number of aromatic hydroxyl groups is 1. The highest BCUT2D eigenvalue weighted by molar-refractivity contribution is 6.01. The summed E-state index contributed by atoms with van der Waals surface area (Å²) in [5, 5.41) is 12.3. The van der Waals surface area contributed by atoms with Crippen molar-refractivity contribution in [2.45, 2.75) is 27.3 Å². The minimum Gasteiger partial charge on any atom is -0.506 e. The van der Waals surface area contributed by atoms with E-state index in [-0.39, 0.29) is 30.5 Å². The Kier molecular flexibility index (Phi) is 5.00. The lowest BCUT2D eigenvalue weighted by molar-refractivity contribution is 0.0519. The third kappa shape index (κ3) is 3.50. The highest BCUT2D eigenvalue weighted by Crippen LogP contribution is 2.19. The van der Waals surface area contributed by atoms with Crippen LogP contribution in [0.3, 0.4) is 0 Å². The van der Waals surface area contributed by atoms with Crippen LogP contribution in [-0.2, 0) is 11.3 Å². The first-order chi connectivity index (χ1) is 11.0. The second-order valence-corrected chi connectivity index (χ2v) is 5.00. The number of H-pyrrole nitrogens is 1. The van der Waals surface area contributed by atoms with E-state index in [1.807, 2.05) is 0 Å².